The second kappa shape index (κ2) is 9.80. The minimum Gasteiger partial charge on any atom is -0.496 e. The largest absolute Gasteiger partial charge is 0.496 e. The van der Waals surface area contributed by atoms with Gasteiger partial charge >= 0.3 is 5.97 Å². The molecule has 1 N–H and O–H groups in total. The van der Waals surface area contributed by atoms with E-state index in [1.807, 2.05) is 13.8 Å². The van der Waals surface area contributed by atoms with Crippen LogP contribution in [0.4, 0.5) is 0 Å². The highest BCUT2D eigenvalue weighted by atomic mass is 16.5. The molecule has 0 aliphatic rings. The number of ether oxygens (including phenoxy) is 3. The topological polar surface area (TPSA) is 99.9 Å². The predicted molar refractivity (Wildman–Crippen MR) is 112 cm³/mol. The number of aryl methyl sites for hydroxylation is 2. The van der Waals surface area contributed by atoms with Crippen LogP contribution in [0, 0.1) is 13.8 Å². The molecule has 8 nitrogen and oxygen atoms in total. The van der Waals surface area contributed by atoms with Gasteiger partial charge in [0.2, 0.25) is 0 Å². The summed E-state index contributed by atoms with van der Waals surface area (Å²) >= 11 is 0. The summed E-state index contributed by atoms with van der Waals surface area (Å²) in [5.41, 5.74) is 3.24. The third-order valence-electron chi connectivity index (χ3n) is 4.80. The van der Waals surface area contributed by atoms with Gasteiger partial charge in [-0.05, 0) is 55.8 Å². The van der Waals surface area contributed by atoms with Crippen LogP contribution in [0.5, 0.6) is 11.5 Å². The van der Waals surface area contributed by atoms with E-state index < -0.39 is 5.97 Å². The van der Waals surface area contributed by atoms with Crippen molar-refractivity contribution in [1.29, 1.82) is 0 Å². The number of carbonyl (C=O) groups excluding carboxylic acids is 2. The number of carbonyl (C=O) groups is 2. The van der Waals surface area contributed by atoms with Crippen LogP contribution in [0.1, 0.15) is 43.3 Å². The number of methoxy groups -OCH3 is 2. The molecule has 0 spiro atoms. The fourth-order valence-electron chi connectivity index (χ4n) is 2.98. The first-order valence-electron chi connectivity index (χ1n) is 9.61. The van der Waals surface area contributed by atoms with Gasteiger partial charge in [-0.2, -0.15) is 0 Å². The second-order valence-corrected chi connectivity index (χ2v) is 6.82. The van der Waals surface area contributed by atoms with Crippen molar-refractivity contribution in [2.75, 3.05) is 14.2 Å². The van der Waals surface area contributed by atoms with Crippen molar-refractivity contribution in [2.45, 2.75) is 27.0 Å². The third kappa shape index (κ3) is 5.22. The lowest BCUT2D eigenvalue weighted by molar-refractivity contribution is 0.0597. The third-order valence-corrected chi connectivity index (χ3v) is 4.80. The number of rotatable bonds is 8. The lowest BCUT2D eigenvalue weighted by Gasteiger charge is -2.11. The second-order valence-electron chi connectivity index (χ2n) is 6.82. The molecule has 31 heavy (non-hydrogen) atoms. The van der Waals surface area contributed by atoms with Crippen LogP contribution >= 0.6 is 0 Å². The molecule has 3 aromatic rings. The molecule has 0 fully saturated rings. The molecule has 0 radical (unpaired) electrons. The predicted octanol–water partition coefficient (Wildman–Crippen LogP) is 3.60. The molecule has 0 saturated heterocycles. The fraction of sp³-hybridized carbons (Fsp3) is 0.261. The van der Waals surface area contributed by atoms with Crippen molar-refractivity contribution in [3.8, 4) is 11.5 Å². The van der Waals surface area contributed by atoms with E-state index >= 15 is 0 Å². The molecule has 8 heteroatoms. The van der Waals surface area contributed by atoms with Crippen molar-refractivity contribution in [3.63, 3.8) is 0 Å². The van der Waals surface area contributed by atoms with Gasteiger partial charge in [0.1, 0.15) is 29.4 Å². The van der Waals surface area contributed by atoms with Crippen LogP contribution in [-0.4, -0.2) is 31.3 Å². The van der Waals surface area contributed by atoms with Crippen LogP contribution in [0.15, 0.2) is 47.0 Å². The standard InChI is InChI=1S/C23H24N2O6/c1-14-20(15(2)31-25-14)13-30-18-8-6-17(7-9-18)22(26)24-12-16-5-10-21(28-3)19(11-16)23(27)29-4/h5-11H,12-13H2,1-4H3,(H,24,26). The highest BCUT2D eigenvalue weighted by Crippen LogP contribution is 2.21. The summed E-state index contributed by atoms with van der Waals surface area (Å²) in [4.78, 5) is 24.4. The smallest absolute Gasteiger partial charge is 0.341 e. The minimum atomic E-state index is -0.503. The first kappa shape index (κ1) is 21.9. The minimum absolute atomic E-state index is 0.243. The average Bonchev–Trinajstić information content (AvgIpc) is 3.12. The Morgan fingerprint density at radius 1 is 1.06 bits per heavy atom. The lowest BCUT2D eigenvalue weighted by atomic mass is 10.1. The number of esters is 1. The Labute approximate surface area is 180 Å². The zero-order valence-corrected chi connectivity index (χ0v) is 17.9. The molecular weight excluding hydrogens is 400 g/mol. The van der Waals surface area contributed by atoms with Crippen molar-refractivity contribution >= 4 is 11.9 Å². The molecule has 2 aromatic carbocycles. The summed E-state index contributed by atoms with van der Waals surface area (Å²) < 4.78 is 20.8. The fourth-order valence-corrected chi connectivity index (χ4v) is 2.98. The Morgan fingerprint density at radius 3 is 2.42 bits per heavy atom. The average molecular weight is 424 g/mol. The van der Waals surface area contributed by atoms with Crippen LogP contribution in [0.2, 0.25) is 0 Å². The van der Waals surface area contributed by atoms with Gasteiger partial charge in [-0.3, -0.25) is 4.79 Å². The van der Waals surface area contributed by atoms with Gasteiger partial charge in [-0.15, -0.1) is 0 Å². The van der Waals surface area contributed by atoms with Crippen molar-refractivity contribution in [3.05, 3.63) is 76.2 Å². The molecule has 1 heterocycles. The van der Waals surface area contributed by atoms with Crippen molar-refractivity contribution < 1.29 is 28.3 Å². The molecule has 1 amide bonds. The Hall–Kier alpha value is -3.81. The number of hydrogen-bond acceptors (Lipinski definition) is 7. The highest BCUT2D eigenvalue weighted by molar-refractivity contribution is 5.94. The van der Waals surface area contributed by atoms with E-state index in [2.05, 4.69) is 10.5 Å². The Kier molecular flexibility index (Phi) is 6.92. The van der Waals surface area contributed by atoms with Crippen LogP contribution in [-0.2, 0) is 17.9 Å². The van der Waals surface area contributed by atoms with Crippen LogP contribution in [0.25, 0.3) is 0 Å². The Bertz CT molecular complexity index is 1050. The van der Waals surface area contributed by atoms with Crippen LogP contribution < -0.4 is 14.8 Å². The molecule has 1 aromatic heterocycles. The van der Waals surface area contributed by atoms with Crippen LogP contribution in [0.3, 0.4) is 0 Å². The van der Waals surface area contributed by atoms with E-state index in [1.165, 1.54) is 14.2 Å². The molecule has 3 rings (SSSR count). The molecular formula is C23H24N2O6. The quantitative estimate of drug-likeness (QED) is 0.552. The van der Waals surface area contributed by atoms with Gasteiger partial charge in [-0.25, -0.2) is 4.79 Å². The summed E-state index contributed by atoms with van der Waals surface area (Å²) in [5.74, 6) is 1.02. The maximum atomic E-state index is 12.5. The van der Waals surface area contributed by atoms with E-state index in [9.17, 15) is 9.59 Å². The van der Waals surface area contributed by atoms with Crippen molar-refractivity contribution in [2.24, 2.45) is 0 Å². The van der Waals surface area contributed by atoms with E-state index in [0.717, 1.165) is 22.6 Å². The Morgan fingerprint density at radius 2 is 1.81 bits per heavy atom. The van der Waals surface area contributed by atoms with Crippen molar-refractivity contribution in [1.82, 2.24) is 10.5 Å². The van der Waals surface area contributed by atoms with E-state index in [4.69, 9.17) is 18.7 Å². The number of nitrogens with one attached hydrogen (secondary N) is 1. The summed E-state index contributed by atoms with van der Waals surface area (Å²) in [7, 11) is 2.78. The highest BCUT2D eigenvalue weighted by Gasteiger charge is 2.14. The molecule has 0 aliphatic heterocycles. The first-order valence-corrected chi connectivity index (χ1v) is 9.61. The number of amides is 1. The molecule has 0 unspecified atom stereocenters. The van der Waals surface area contributed by atoms with Gasteiger partial charge < -0.3 is 24.1 Å². The Balaban J connectivity index is 1.59. The normalized spacial score (nSPS) is 10.5. The summed E-state index contributed by atoms with van der Waals surface area (Å²) in [6, 6.07) is 11.9. The number of aromatic nitrogens is 1. The summed E-state index contributed by atoms with van der Waals surface area (Å²) in [6.07, 6.45) is 0. The summed E-state index contributed by atoms with van der Waals surface area (Å²) in [6.45, 7) is 4.28. The number of benzene rings is 2. The number of hydrogen-bond donors (Lipinski definition) is 1. The maximum absolute atomic E-state index is 12.5. The van der Waals surface area contributed by atoms with Gasteiger partial charge in [0.25, 0.3) is 5.91 Å². The van der Waals surface area contributed by atoms with E-state index in [0.29, 0.717) is 29.2 Å². The zero-order chi connectivity index (χ0) is 22.4. The van der Waals surface area contributed by atoms with Gasteiger partial charge in [0.05, 0.1) is 25.5 Å². The van der Waals surface area contributed by atoms with E-state index in [-0.39, 0.29) is 12.5 Å². The number of nitrogens with zero attached hydrogens (tertiary/aromatic N) is 1. The van der Waals surface area contributed by atoms with E-state index in [1.54, 1.807) is 42.5 Å². The van der Waals surface area contributed by atoms with Gasteiger partial charge in [0, 0.05) is 12.1 Å². The van der Waals surface area contributed by atoms with Gasteiger partial charge in [-0.1, -0.05) is 11.2 Å². The molecule has 162 valence electrons. The maximum Gasteiger partial charge on any atom is 0.341 e. The molecule has 0 atom stereocenters. The molecule has 0 aliphatic carbocycles. The SMILES string of the molecule is COC(=O)c1cc(CNC(=O)c2ccc(OCc3c(C)noc3C)cc2)ccc1OC. The first-order chi connectivity index (χ1) is 14.9. The lowest BCUT2D eigenvalue weighted by Crippen LogP contribution is -2.23. The molecule has 0 saturated carbocycles. The van der Waals surface area contributed by atoms with Gasteiger partial charge in [0.15, 0.2) is 0 Å². The zero-order valence-electron chi connectivity index (χ0n) is 17.9. The summed E-state index contributed by atoms with van der Waals surface area (Å²) in [5, 5.41) is 6.73. The molecule has 0 bridgehead atoms. The monoisotopic (exact) mass is 424 g/mol.